The number of aryl methyl sites for hydroxylation is 4. The number of rotatable bonds is 7. The SMILES string of the molecule is CN=C(NCCCn1cc(C)cn1)NCc1ccccc1-n1nc(C)cc1C. The van der Waals surface area contributed by atoms with Gasteiger partial charge in [0.15, 0.2) is 5.96 Å². The van der Waals surface area contributed by atoms with Crippen LogP contribution in [0.2, 0.25) is 0 Å². The topological polar surface area (TPSA) is 72.1 Å². The Morgan fingerprint density at radius 3 is 2.64 bits per heavy atom. The van der Waals surface area contributed by atoms with Crippen LogP contribution < -0.4 is 10.6 Å². The van der Waals surface area contributed by atoms with Crippen LogP contribution in [-0.2, 0) is 13.1 Å². The highest BCUT2D eigenvalue weighted by Gasteiger charge is 2.09. The highest BCUT2D eigenvalue weighted by Crippen LogP contribution is 2.16. The van der Waals surface area contributed by atoms with Crippen molar-refractivity contribution in [2.24, 2.45) is 4.99 Å². The summed E-state index contributed by atoms with van der Waals surface area (Å²) in [6.07, 6.45) is 4.92. The molecule has 1 aromatic carbocycles. The molecule has 0 saturated carbocycles. The molecule has 3 rings (SSSR count). The quantitative estimate of drug-likeness (QED) is 0.376. The minimum Gasteiger partial charge on any atom is -0.356 e. The van der Waals surface area contributed by atoms with Crippen LogP contribution in [0.5, 0.6) is 0 Å². The highest BCUT2D eigenvalue weighted by molar-refractivity contribution is 5.79. The fourth-order valence-electron chi connectivity index (χ4n) is 3.18. The van der Waals surface area contributed by atoms with Crippen LogP contribution in [0.3, 0.4) is 0 Å². The van der Waals surface area contributed by atoms with Crippen LogP contribution in [-0.4, -0.2) is 39.1 Å². The Morgan fingerprint density at radius 1 is 1.14 bits per heavy atom. The number of aliphatic imine (C=N–C) groups is 1. The first-order valence-corrected chi connectivity index (χ1v) is 9.62. The maximum absolute atomic E-state index is 4.61. The minimum atomic E-state index is 0.673. The lowest BCUT2D eigenvalue weighted by atomic mass is 10.1. The summed E-state index contributed by atoms with van der Waals surface area (Å²) in [5.41, 5.74) is 5.59. The number of benzene rings is 1. The molecule has 2 N–H and O–H groups in total. The lowest BCUT2D eigenvalue weighted by molar-refractivity contribution is 0.570. The van der Waals surface area contributed by atoms with Gasteiger partial charge in [-0.05, 0) is 50.5 Å². The van der Waals surface area contributed by atoms with Gasteiger partial charge in [-0.2, -0.15) is 10.2 Å². The van der Waals surface area contributed by atoms with E-state index in [-0.39, 0.29) is 0 Å². The van der Waals surface area contributed by atoms with Crippen LogP contribution in [0, 0.1) is 20.8 Å². The van der Waals surface area contributed by atoms with Crippen molar-refractivity contribution < 1.29 is 0 Å². The van der Waals surface area contributed by atoms with Gasteiger partial charge in [0.1, 0.15) is 0 Å². The van der Waals surface area contributed by atoms with Crippen LogP contribution in [0.15, 0.2) is 47.7 Å². The summed E-state index contributed by atoms with van der Waals surface area (Å²) in [6.45, 7) is 8.53. The molecule has 0 aliphatic heterocycles. The number of aromatic nitrogens is 4. The van der Waals surface area contributed by atoms with E-state index in [1.165, 1.54) is 11.1 Å². The maximum atomic E-state index is 4.61. The van der Waals surface area contributed by atoms with Gasteiger partial charge in [0, 0.05) is 38.6 Å². The summed E-state index contributed by atoms with van der Waals surface area (Å²) >= 11 is 0. The van der Waals surface area contributed by atoms with E-state index in [1.807, 2.05) is 28.6 Å². The first-order chi connectivity index (χ1) is 13.6. The van der Waals surface area contributed by atoms with Crippen molar-refractivity contribution in [2.45, 2.75) is 40.3 Å². The molecular formula is C21H29N7. The zero-order chi connectivity index (χ0) is 19.9. The van der Waals surface area contributed by atoms with E-state index in [9.17, 15) is 0 Å². The molecule has 0 amide bonds. The van der Waals surface area contributed by atoms with Gasteiger partial charge >= 0.3 is 0 Å². The largest absolute Gasteiger partial charge is 0.356 e. The molecule has 0 atom stereocenters. The van der Waals surface area contributed by atoms with Gasteiger partial charge in [-0.1, -0.05) is 18.2 Å². The van der Waals surface area contributed by atoms with E-state index in [2.05, 4.69) is 70.1 Å². The number of nitrogens with one attached hydrogen (secondary N) is 2. The first kappa shape index (κ1) is 19.7. The smallest absolute Gasteiger partial charge is 0.191 e. The third kappa shape index (κ3) is 5.00. The molecule has 3 aromatic rings. The Labute approximate surface area is 166 Å². The number of nitrogens with zero attached hydrogens (tertiary/aromatic N) is 5. The van der Waals surface area contributed by atoms with E-state index >= 15 is 0 Å². The van der Waals surface area contributed by atoms with E-state index in [4.69, 9.17) is 0 Å². The summed E-state index contributed by atoms with van der Waals surface area (Å²) in [6, 6.07) is 10.4. The lowest BCUT2D eigenvalue weighted by Crippen LogP contribution is -2.37. The van der Waals surface area contributed by atoms with Crippen molar-refractivity contribution in [1.29, 1.82) is 0 Å². The molecule has 7 heteroatoms. The Bertz CT molecular complexity index is 936. The predicted molar refractivity (Wildman–Crippen MR) is 113 cm³/mol. The van der Waals surface area contributed by atoms with Gasteiger partial charge in [0.25, 0.3) is 0 Å². The van der Waals surface area contributed by atoms with Gasteiger partial charge in [-0.3, -0.25) is 9.67 Å². The first-order valence-electron chi connectivity index (χ1n) is 9.62. The normalized spacial score (nSPS) is 11.6. The minimum absolute atomic E-state index is 0.673. The summed E-state index contributed by atoms with van der Waals surface area (Å²) in [4.78, 5) is 4.33. The summed E-state index contributed by atoms with van der Waals surface area (Å²) in [7, 11) is 1.79. The van der Waals surface area contributed by atoms with Crippen LogP contribution in [0.25, 0.3) is 5.69 Å². The Morgan fingerprint density at radius 2 is 1.96 bits per heavy atom. The van der Waals surface area contributed by atoms with Crippen molar-refractivity contribution in [3.05, 3.63) is 65.2 Å². The molecule has 2 aromatic heterocycles. The fourth-order valence-corrected chi connectivity index (χ4v) is 3.18. The van der Waals surface area contributed by atoms with Crippen molar-refractivity contribution in [3.63, 3.8) is 0 Å². The summed E-state index contributed by atoms with van der Waals surface area (Å²) < 4.78 is 3.96. The standard InChI is InChI=1S/C21H29N7/c1-16-13-25-27(15-16)11-7-10-23-21(22-4)24-14-19-8-5-6-9-20(19)28-18(3)12-17(2)26-28/h5-6,8-9,12-13,15H,7,10-11,14H2,1-4H3,(H2,22,23,24). The number of guanidine groups is 1. The molecule has 28 heavy (non-hydrogen) atoms. The Hall–Kier alpha value is -3.09. The molecule has 0 bridgehead atoms. The molecule has 2 heterocycles. The zero-order valence-corrected chi connectivity index (χ0v) is 17.1. The molecule has 0 unspecified atom stereocenters. The average molecular weight is 380 g/mol. The lowest BCUT2D eigenvalue weighted by Gasteiger charge is -2.15. The third-order valence-electron chi connectivity index (χ3n) is 4.52. The van der Waals surface area contributed by atoms with Gasteiger partial charge < -0.3 is 10.6 Å². The summed E-state index contributed by atoms with van der Waals surface area (Å²) in [5, 5.41) is 15.7. The van der Waals surface area contributed by atoms with E-state index < -0.39 is 0 Å². The van der Waals surface area contributed by atoms with Crippen molar-refractivity contribution in [3.8, 4) is 5.69 Å². The number of para-hydroxylation sites is 1. The van der Waals surface area contributed by atoms with Crippen molar-refractivity contribution >= 4 is 5.96 Å². The van der Waals surface area contributed by atoms with Crippen molar-refractivity contribution in [1.82, 2.24) is 30.2 Å². The second-order valence-electron chi connectivity index (χ2n) is 6.95. The zero-order valence-electron chi connectivity index (χ0n) is 17.1. The van der Waals surface area contributed by atoms with Crippen molar-refractivity contribution in [2.75, 3.05) is 13.6 Å². The predicted octanol–water partition coefficient (Wildman–Crippen LogP) is 2.75. The van der Waals surface area contributed by atoms with Crippen LogP contribution in [0.1, 0.15) is 28.9 Å². The van der Waals surface area contributed by atoms with E-state index in [0.717, 1.165) is 42.5 Å². The molecule has 0 saturated heterocycles. The molecular weight excluding hydrogens is 350 g/mol. The molecule has 7 nitrogen and oxygen atoms in total. The Balaban J connectivity index is 1.54. The van der Waals surface area contributed by atoms with E-state index in [1.54, 1.807) is 7.05 Å². The van der Waals surface area contributed by atoms with Crippen LogP contribution in [0.4, 0.5) is 0 Å². The molecule has 148 valence electrons. The van der Waals surface area contributed by atoms with Gasteiger partial charge in [0.05, 0.1) is 17.6 Å². The molecule has 0 fully saturated rings. The van der Waals surface area contributed by atoms with Gasteiger partial charge in [-0.25, -0.2) is 4.68 Å². The molecule has 0 aliphatic carbocycles. The van der Waals surface area contributed by atoms with Crippen LogP contribution >= 0.6 is 0 Å². The fraction of sp³-hybridized carbons (Fsp3) is 0.381. The second kappa shape index (κ2) is 9.21. The molecule has 0 radical (unpaired) electrons. The summed E-state index contributed by atoms with van der Waals surface area (Å²) in [5.74, 6) is 0.791. The van der Waals surface area contributed by atoms with Gasteiger partial charge in [-0.15, -0.1) is 0 Å². The second-order valence-corrected chi connectivity index (χ2v) is 6.95. The molecule has 0 aliphatic rings. The van der Waals surface area contributed by atoms with Gasteiger partial charge in [0.2, 0.25) is 0 Å². The third-order valence-corrected chi connectivity index (χ3v) is 4.52. The molecule has 0 spiro atoms. The number of hydrogen-bond donors (Lipinski definition) is 2. The monoisotopic (exact) mass is 379 g/mol. The average Bonchev–Trinajstić information content (AvgIpc) is 3.25. The maximum Gasteiger partial charge on any atom is 0.191 e. The number of hydrogen-bond acceptors (Lipinski definition) is 3. The highest BCUT2D eigenvalue weighted by atomic mass is 15.3. The Kier molecular flexibility index (Phi) is 6.47. The van der Waals surface area contributed by atoms with E-state index in [0.29, 0.717) is 6.54 Å².